The van der Waals surface area contributed by atoms with Crippen molar-refractivity contribution in [1.82, 2.24) is 10.2 Å². The van der Waals surface area contributed by atoms with Crippen molar-refractivity contribution in [2.45, 2.75) is 50.6 Å². The van der Waals surface area contributed by atoms with Gasteiger partial charge in [-0.2, -0.15) is 0 Å². The molecule has 1 atom stereocenters. The van der Waals surface area contributed by atoms with E-state index in [0.717, 1.165) is 47.0 Å². The minimum absolute atomic E-state index is 0.0673. The van der Waals surface area contributed by atoms with Crippen LogP contribution >= 0.6 is 23.2 Å². The lowest BCUT2D eigenvalue weighted by Crippen LogP contribution is -2.53. The third kappa shape index (κ3) is 9.71. The standard InChI is InChI=1S/C36H38Cl2FN3O5S/c1-3-5-21-40-36(44)34(23-26-9-7-6-8-10-26)41(24-27-11-20-32(37)33(38)22-27)35(43)25-42(29-14-16-30(17-15-29)47-4-2)48(45,46)31-18-12-28(39)13-19-31/h6-20,22,34H,3-5,21,23-25H2,1-2H3,(H,40,44)/t34-/m0/s1. The molecule has 0 aliphatic rings. The van der Waals surface area contributed by atoms with Gasteiger partial charge in [-0.15, -0.1) is 0 Å². The number of ether oxygens (including phenoxy) is 1. The molecule has 0 fully saturated rings. The Morgan fingerprint density at radius 3 is 2.19 bits per heavy atom. The molecule has 0 radical (unpaired) electrons. The molecule has 48 heavy (non-hydrogen) atoms. The van der Waals surface area contributed by atoms with E-state index in [1.165, 1.54) is 17.0 Å². The number of halogens is 3. The Kier molecular flexibility index (Phi) is 13.3. The highest BCUT2D eigenvalue weighted by Crippen LogP contribution is 2.28. The number of anilines is 1. The lowest BCUT2D eigenvalue weighted by Gasteiger charge is -2.34. The Morgan fingerprint density at radius 2 is 1.56 bits per heavy atom. The number of sulfonamides is 1. The van der Waals surface area contributed by atoms with Crippen molar-refractivity contribution in [3.63, 3.8) is 0 Å². The normalized spacial score (nSPS) is 11.9. The number of rotatable bonds is 16. The van der Waals surface area contributed by atoms with Crippen LogP contribution in [0.15, 0.2) is 102 Å². The minimum atomic E-state index is -4.39. The lowest BCUT2D eigenvalue weighted by atomic mass is 10.0. The highest BCUT2D eigenvalue weighted by atomic mass is 35.5. The van der Waals surface area contributed by atoms with E-state index in [4.69, 9.17) is 27.9 Å². The van der Waals surface area contributed by atoms with E-state index in [1.54, 1.807) is 30.3 Å². The van der Waals surface area contributed by atoms with Crippen molar-refractivity contribution in [3.8, 4) is 5.75 Å². The average molecular weight is 715 g/mol. The molecule has 0 spiro atoms. The van der Waals surface area contributed by atoms with Crippen LogP contribution < -0.4 is 14.4 Å². The number of unbranched alkanes of at least 4 members (excludes halogenated alkanes) is 1. The molecule has 2 amide bonds. The number of amides is 2. The van der Waals surface area contributed by atoms with Crippen LogP contribution in [-0.4, -0.2) is 50.9 Å². The largest absolute Gasteiger partial charge is 0.494 e. The van der Waals surface area contributed by atoms with Gasteiger partial charge in [0.1, 0.15) is 24.2 Å². The van der Waals surface area contributed by atoms with Gasteiger partial charge in [0, 0.05) is 19.5 Å². The number of nitrogens with zero attached hydrogens (tertiary/aromatic N) is 2. The van der Waals surface area contributed by atoms with E-state index in [2.05, 4.69) is 5.32 Å². The maximum Gasteiger partial charge on any atom is 0.264 e. The third-order valence-corrected chi connectivity index (χ3v) is 10.1. The van der Waals surface area contributed by atoms with Crippen molar-refractivity contribution in [3.05, 3.63) is 124 Å². The van der Waals surface area contributed by atoms with Gasteiger partial charge in [-0.1, -0.05) is 72.9 Å². The monoisotopic (exact) mass is 713 g/mol. The van der Waals surface area contributed by atoms with Gasteiger partial charge in [0.15, 0.2) is 0 Å². The maximum absolute atomic E-state index is 14.5. The maximum atomic E-state index is 14.5. The number of nitrogens with one attached hydrogen (secondary N) is 1. The van der Waals surface area contributed by atoms with Crippen LogP contribution in [0.25, 0.3) is 0 Å². The number of carbonyl (C=O) groups excluding carboxylic acids is 2. The van der Waals surface area contributed by atoms with Crippen molar-refractivity contribution >= 4 is 50.7 Å². The van der Waals surface area contributed by atoms with Crippen molar-refractivity contribution in [2.24, 2.45) is 0 Å². The third-order valence-electron chi connectivity index (χ3n) is 7.55. The predicted molar refractivity (Wildman–Crippen MR) is 187 cm³/mol. The Balaban J connectivity index is 1.80. The van der Waals surface area contributed by atoms with Gasteiger partial charge in [0.25, 0.3) is 10.0 Å². The summed E-state index contributed by atoms with van der Waals surface area (Å²) in [4.78, 5) is 29.6. The molecule has 8 nitrogen and oxygen atoms in total. The smallest absolute Gasteiger partial charge is 0.264 e. The second kappa shape index (κ2) is 17.3. The van der Waals surface area contributed by atoms with E-state index in [9.17, 15) is 22.4 Å². The molecule has 0 saturated heterocycles. The molecule has 1 N–H and O–H groups in total. The Labute approximate surface area is 291 Å². The number of hydrogen-bond donors (Lipinski definition) is 1. The second-order valence-corrected chi connectivity index (χ2v) is 13.7. The Bertz CT molecular complexity index is 1780. The van der Waals surface area contributed by atoms with Gasteiger partial charge >= 0.3 is 0 Å². The first kappa shape index (κ1) is 36.7. The molecule has 4 aromatic carbocycles. The van der Waals surface area contributed by atoms with Gasteiger partial charge in [0.05, 0.1) is 27.2 Å². The van der Waals surface area contributed by atoms with Crippen LogP contribution in [0.3, 0.4) is 0 Å². The average Bonchev–Trinajstić information content (AvgIpc) is 3.08. The van der Waals surface area contributed by atoms with E-state index in [0.29, 0.717) is 29.5 Å². The summed E-state index contributed by atoms with van der Waals surface area (Å²) in [5, 5.41) is 3.54. The second-order valence-electron chi connectivity index (χ2n) is 11.0. The van der Waals surface area contributed by atoms with Crippen LogP contribution in [0.4, 0.5) is 10.1 Å². The molecule has 254 valence electrons. The fourth-order valence-electron chi connectivity index (χ4n) is 5.03. The minimum Gasteiger partial charge on any atom is -0.494 e. The van der Waals surface area contributed by atoms with Gasteiger partial charge < -0.3 is 15.0 Å². The van der Waals surface area contributed by atoms with Crippen LogP contribution in [0.2, 0.25) is 10.0 Å². The van der Waals surface area contributed by atoms with Crippen LogP contribution in [-0.2, 0) is 32.6 Å². The van der Waals surface area contributed by atoms with Gasteiger partial charge in [-0.25, -0.2) is 12.8 Å². The molecule has 0 saturated carbocycles. The summed E-state index contributed by atoms with van der Waals surface area (Å²) in [6.45, 7) is 3.91. The lowest BCUT2D eigenvalue weighted by molar-refractivity contribution is -0.140. The summed E-state index contributed by atoms with van der Waals surface area (Å²) in [7, 11) is -4.39. The SMILES string of the molecule is CCCCNC(=O)[C@H](Cc1ccccc1)N(Cc1ccc(Cl)c(Cl)c1)C(=O)CN(c1ccc(OCC)cc1)S(=O)(=O)c1ccc(F)cc1. The molecule has 0 bridgehead atoms. The Morgan fingerprint density at radius 1 is 0.875 bits per heavy atom. The summed E-state index contributed by atoms with van der Waals surface area (Å²) in [6.07, 6.45) is 1.76. The fourth-order valence-corrected chi connectivity index (χ4v) is 6.77. The highest BCUT2D eigenvalue weighted by molar-refractivity contribution is 7.92. The molecule has 0 aliphatic carbocycles. The van der Waals surface area contributed by atoms with Crippen molar-refractivity contribution < 1.29 is 27.1 Å². The zero-order valence-electron chi connectivity index (χ0n) is 26.7. The first-order chi connectivity index (χ1) is 23.0. The molecule has 0 aliphatic heterocycles. The first-order valence-electron chi connectivity index (χ1n) is 15.6. The fraction of sp³-hybridized carbons (Fsp3) is 0.278. The molecule has 0 unspecified atom stereocenters. The topological polar surface area (TPSA) is 96.0 Å². The van der Waals surface area contributed by atoms with E-state index < -0.39 is 34.3 Å². The number of carbonyl (C=O) groups is 2. The summed E-state index contributed by atoms with van der Waals surface area (Å²) in [5.74, 6) is -1.12. The molecule has 12 heteroatoms. The summed E-state index contributed by atoms with van der Waals surface area (Å²) >= 11 is 12.5. The molecular formula is C36H38Cl2FN3O5S. The van der Waals surface area contributed by atoms with Crippen LogP contribution in [0.1, 0.15) is 37.8 Å². The van der Waals surface area contributed by atoms with Gasteiger partial charge in [-0.3, -0.25) is 13.9 Å². The first-order valence-corrected chi connectivity index (χ1v) is 17.8. The molecule has 0 heterocycles. The van der Waals surface area contributed by atoms with Crippen LogP contribution in [0, 0.1) is 5.82 Å². The van der Waals surface area contributed by atoms with Crippen molar-refractivity contribution in [1.29, 1.82) is 0 Å². The molecule has 0 aromatic heterocycles. The summed E-state index contributed by atoms with van der Waals surface area (Å²) in [5.41, 5.74) is 1.58. The van der Waals surface area contributed by atoms with E-state index >= 15 is 0 Å². The molecule has 4 aromatic rings. The highest BCUT2D eigenvalue weighted by Gasteiger charge is 2.34. The zero-order chi connectivity index (χ0) is 34.7. The van der Waals surface area contributed by atoms with Crippen LogP contribution in [0.5, 0.6) is 5.75 Å². The van der Waals surface area contributed by atoms with Gasteiger partial charge in [-0.05, 0) is 85.1 Å². The predicted octanol–water partition coefficient (Wildman–Crippen LogP) is 7.28. The van der Waals surface area contributed by atoms with E-state index in [1.807, 2.05) is 44.2 Å². The number of hydrogen-bond acceptors (Lipinski definition) is 5. The summed E-state index contributed by atoms with van der Waals surface area (Å²) in [6, 6.07) is 23.8. The zero-order valence-corrected chi connectivity index (χ0v) is 29.1. The quantitative estimate of drug-likeness (QED) is 0.123. The Hall–Kier alpha value is -4.12. The van der Waals surface area contributed by atoms with Gasteiger partial charge in [0.2, 0.25) is 11.8 Å². The molecule has 4 rings (SSSR count). The molecular weight excluding hydrogens is 676 g/mol. The van der Waals surface area contributed by atoms with Crippen molar-refractivity contribution in [2.75, 3.05) is 24.0 Å². The van der Waals surface area contributed by atoms with E-state index in [-0.39, 0.29) is 34.5 Å². The summed E-state index contributed by atoms with van der Waals surface area (Å²) < 4.78 is 48.5. The number of benzene rings is 4.